The van der Waals surface area contributed by atoms with Crippen LogP contribution >= 0.6 is 11.6 Å². The van der Waals surface area contributed by atoms with Crippen molar-refractivity contribution in [3.8, 4) is 0 Å². The summed E-state index contributed by atoms with van der Waals surface area (Å²) in [5.41, 5.74) is 0. The van der Waals surface area contributed by atoms with E-state index in [2.05, 4.69) is 0 Å². The maximum absolute atomic E-state index is 5.30. The van der Waals surface area contributed by atoms with Crippen LogP contribution in [0.2, 0.25) is 0 Å². The van der Waals surface area contributed by atoms with E-state index < -0.39 is 0 Å². The molecule has 0 heterocycles. The quantitative estimate of drug-likeness (QED) is 0.323. The molecule has 50 valence electrons. The SMILES string of the molecule is CCOCOCCCl. The van der Waals surface area contributed by atoms with Crippen molar-refractivity contribution >= 4 is 11.6 Å². The molecule has 0 spiro atoms. The average molecular weight is 139 g/mol. The van der Waals surface area contributed by atoms with Crippen LogP contribution in [-0.4, -0.2) is 25.9 Å². The van der Waals surface area contributed by atoms with E-state index in [4.69, 9.17) is 21.1 Å². The Hall–Kier alpha value is 0.210. The molecule has 0 saturated carbocycles. The molecule has 0 radical (unpaired) electrons. The topological polar surface area (TPSA) is 18.5 Å². The fourth-order valence-corrected chi connectivity index (χ4v) is 0.365. The first-order valence-corrected chi connectivity index (χ1v) is 3.16. The normalized spacial score (nSPS) is 9.75. The molecule has 8 heavy (non-hydrogen) atoms. The molecule has 0 aliphatic rings. The third-order valence-electron chi connectivity index (χ3n) is 0.592. The number of hydrogen-bond acceptors (Lipinski definition) is 2. The largest absolute Gasteiger partial charge is 0.356 e. The van der Waals surface area contributed by atoms with Crippen molar-refractivity contribution in [2.24, 2.45) is 0 Å². The van der Waals surface area contributed by atoms with Crippen molar-refractivity contribution in [1.29, 1.82) is 0 Å². The molecule has 0 aromatic heterocycles. The van der Waals surface area contributed by atoms with Crippen LogP contribution < -0.4 is 0 Å². The highest BCUT2D eigenvalue weighted by atomic mass is 35.5. The first-order valence-electron chi connectivity index (χ1n) is 2.63. The maximum atomic E-state index is 5.30. The Morgan fingerprint density at radius 2 is 2.12 bits per heavy atom. The molecule has 0 aliphatic carbocycles. The maximum Gasteiger partial charge on any atom is 0.146 e. The van der Waals surface area contributed by atoms with E-state index in [-0.39, 0.29) is 0 Å². The minimum absolute atomic E-state index is 0.364. The van der Waals surface area contributed by atoms with Crippen molar-refractivity contribution in [2.75, 3.05) is 25.9 Å². The van der Waals surface area contributed by atoms with Gasteiger partial charge in [0.25, 0.3) is 0 Å². The zero-order valence-corrected chi connectivity index (χ0v) is 5.78. The standard InChI is InChI=1S/C5H11ClO2/c1-2-7-5-8-4-3-6/h2-5H2,1H3. The molecule has 0 fully saturated rings. The van der Waals surface area contributed by atoms with Crippen molar-refractivity contribution < 1.29 is 9.47 Å². The van der Waals surface area contributed by atoms with E-state index in [1.54, 1.807) is 0 Å². The summed E-state index contributed by atoms with van der Waals surface area (Å²) in [5.74, 6) is 0.535. The summed E-state index contributed by atoms with van der Waals surface area (Å²) in [6, 6.07) is 0. The van der Waals surface area contributed by atoms with Gasteiger partial charge in [-0.2, -0.15) is 0 Å². The zero-order chi connectivity index (χ0) is 6.24. The summed E-state index contributed by atoms with van der Waals surface area (Å²) in [4.78, 5) is 0. The lowest BCUT2D eigenvalue weighted by molar-refractivity contribution is -0.0438. The second-order valence-corrected chi connectivity index (χ2v) is 1.59. The highest BCUT2D eigenvalue weighted by Crippen LogP contribution is 1.79. The Kier molecular flexibility index (Phi) is 7.40. The minimum atomic E-state index is 0.364. The molecule has 0 aliphatic heterocycles. The fraction of sp³-hybridized carbons (Fsp3) is 1.00. The number of rotatable bonds is 5. The van der Waals surface area contributed by atoms with Crippen molar-refractivity contribution in [1.82, 2.24) is 0 Å². The monoisotopic (exact) mass is 138 g/mol. The van der Waals surface area contributed by atoms with Crippen molar-refractivity contribution in [3.05, 3.63) is 0 Å². The van der Waals surface area contributed by atoms with Gasteiger partial charge in [-0.25, -0.2) is 0 Å². The molecule has 0 aromatic rings. The highest BCUT2D eigenvalue weighted by molar-refractivity contribution is 6.17. The summed E-state index contributed by atoms with van der Waals surface area (Å²) in [6.07, 6.45) is 0. The fourth-order valence-electron chi connectivity index (χ4n) is 0.256. The molecular weight excluding hydrogens is 128 g/mol. The van der Waals surface area contributed by atoms with Crippen LogP contribution in [0.25, 0.3) is 0 Å². The van der Waals surface area contributed by atoms with Gasteiger partial charge in [0.15, 0.2) is 0 Å². The van der Waals surface area contributed by atoms with Gasteiger partial charge in [0.05, 0.1) is 6.61 Å². The van der Waals surface area contributed by atoms with Gasteiger partial charge in [-0.3, -0.25) is 0 Å². The summed E-state index contributed by atoms with van der Waals surface area (Å²) in [5, 5.41) is 0. The highest BCUT2D eigenvalue weighted by Gasteiger charge is 1.81. The van der Waals surface area contributed by atoms with Crippen LogP contribution in [0.1, 0.15) is 6.92 Å². The number of ether oxygens (including phenoxy) is 2. The summed E-state index contributed by atoms with van der Waals surface area (Å²) in [7, 11) is 0. The summed E-state index contributed by atoms with van der Waals surface area (Å²) < 4.78 is 9.72. The molecule has 2 nitrogen and oxygen atoms in total. The van der Waals surface area contributed by atoms with Gasteiger partial charge in [0.1, 0.15) is 6.79 Å². The summed E-state index contributed by atoms with van der Waals surface area (Å²) in [6.45, 7) is 3.55. The lowest BCUT2D eigenvalue weighted by atomic mass is 10.8. The van der Waals surface area contributed by atoms with E-state index in [1.807, 2.05) is 6.92 Å². The number of alkyl halides is 1. The molecule has 0 unspecified atom stereocenters. The van der Waals surface area contributed by atoms with Gasteiger partial charge in [-0.05, 0) is 6.92 Å². The molecule has 0 saturated heterocycles. The average Bonchev–Trinajstić information content (AvgIpc) is 1.81. The molecule has 0 rings (SSSR count). The Balaban J connectivity index is 2.53. The minimum Gasteiger partial charge on any atom is -0.356 e. The molecule has 3 heteroatoms. The third-order valence-corrected chi connectivity index (χ3v) is 0.747. The molecule has 0 aromatic carbocycles. The first-order chi connectivity index (χ1) is 3.91. The lowest BCUT2D eigenvalue weighted by Crippen LogP contribution is -2.01. The summed E-state index contributed by atoms with van der Waals surface area (Å²) >= 11 is 5.30. The van der Waals surface area contributed by atoms with Gasteiger partial charge in [-0.1, -0.05) is 0 Å². The lowest BCUT2D eigenvalue weighted by Gasteiger charge is -1.98. The molecule has 0 N–H and O–H groups in total. The molecule has 0 bridgehead atoms. The Bertz CT molecular complexity index is 35.4. The Labute approximate surface area is 54.7 Å². The van der Waals surface area contributed by atoms with Crippen molar-refractivity contribution in [2.45, 2.75) is 6.92 Å². The first kappa shape index (κ1) is 8.21. The van der Waals surface area contributed by atoms with Gasteiger partial charge in [-0.15, -0.1) is 11.6 Å². The van der Waals surface area contributed by atoms with Gasteiger partial charge in [0, 0.05) is 12.5 Å². The predicted octanol–water partition coefficient (Wildman–Crippen LogP) is 1.24. The van der Waals surface area contributed by atoms with Crippen LogP contribution in [-0.2, 0) is 9.47 Å². The van der Waals surface area contributed by atoms with Gasteiger partial charge < -0.3 is 9.47 Å². The van der Waals surface area contributed by atoms with Crippen LogP contribution in [0.4, 0.5) is 0 Å². The van der Waals surface area contributed by atoms with E-state index in [9.17, 15) is 0 Å². The van der Waals surface area contributed by atoms with E-state index in [0.29, 0.717) is 25.9 Å². The van der Waals surface area contributed by atoms with Gasteiger partial charge in [0.2, 0.25) is 0 Å². The van der Waals surface area contributed by atoms with Gasteiger partial charge >= 0.3 is 0 Å². The van der Waals surface area contributed by atoms with Crippen molar-refractivity contribution in [3.63, 3.8) is 0 Å². The number of hydrogen-bond donors (Lipinski definition) is 0. The van der Waals surface area contributed by atoms with Crippen LogP contribution in [0, 0.1) is 0 Å². The Morgan fingerprint density at radius 1 is 1.38 bits per heavy atom. The molecule has 0 atom stereocenters. The third kappa shape index (κ3) is 6.21. The van der Waals surface area contributed by atoms with E-state index in [0.717, 1.165) is 0 Å². The smallest absolute Gasteiger partial charge is 0.146 e. The Morgan fingerprint density at radius 3 is 2.62 bits per heavy atom. The molecular formula is C5H11ClO2. The zero-order valence-electron chi connectivity index (χ0n) is 5.02. The molecule has 0 amide bonds. The van der Waals surface area contributed by atoms with Crippen LogP contribution in [0.3, 0.4) is 0 Å². The van der Waals surface area contributed by atoms with Crippen LogP contribution in [0.15, 0.2) is 0 Å². The van der Waals surface area contributed by atoms with E-state index >= 15 is 0 Å². The second kappa shape index (κ2) is 7.21. The van der Waals surface area contributed by atoms with Crippen LogP contribution in [0.5, 0.6) is 0 Å². The number of halogens is 1. The second-order valence-electron chi connectivity index (χ2n) is 1.21. The van der Waals surface area contributed by atoms with E-state index in [1.165, 1.54) is 0 Å². The predicted molar refractivity (Wildman–Crippen MR) is 33.2 cm³/mol.